The minimum Gasteiger partial charge on any atom is -0.476 e. The van der Waals surface area contributed by atoms with Crippen molar-refractivity contribution in [1.82, 2.24) is 5.43 Å². The molecule has 24 heavy (non-hydrogen) atoms. The SMILES string of the molecule is NNC(=O)C1CN(C(=O)CCc2ccccc2)c2ccccc2O1. The molecule has 0 saturated carbocycles. The lowest BCUT2D eigenvalue weighted by Gasteiger charge is -2.34. The standard InChI is InChI=1S/C18H19N3O3/c19-20-18(23)16-12-21(14-8-4-5-9-15(14)24-16)17(22)11-10-13-6-2-1-3-7-13/h1-9,16H,10-12,19H2,(H,20,23). The number of para-hydroxylation sites is 2. The third kappa shape index (κ3) is 3.38. The van der Waals surface area contributed by atoms with Crippen LogP contribution in [0, 0.1) is 0 Å². The summed E-state index contributed by atoms with van der Waals surface area (Å²) in [6.07, 6.45) is 0.188. The summed E-state index contributed by atoms with van der Waals surface area (Å²) in [6.45, 7) is 0.146. The van der Waals surface area contributed by atoms with E-state index in [9.17, 15) is 9.59 Å². The maximum Gasteiger partial charge on any atom is 0.276 e. The molecule has 2 aromatic rings. The van der Waals surface area contributed by atoms with Crippen molar-refractivity contribution in [2.24, 2.45) is 5.84 Å². The van der Waals surface area contributed by atoms with E-state index in [4.69, 9.17) is 10.6 Å². The third-order valence-corrected chi connectivity index (χ3v) is 3.98. The molecule has 3 rings (SSSR count). The zero-order valence-corrected chi connectivity index (χ0v) is 13.1. The number of benzene rings is 2. The Morgan fingerprint density at radius 2 is 1.83 bits per heavy atom. The molecular weight excluding hydrogens is 306 g/mol. The molecule has 1 unspecified atom stereocenters. The quantitative estimate of drug-likeness (QED) is 0.506. The van der Waals surface area contributed by atoms with Crippen molar-refractivity contribution in [2.75, 3.05) is 11.4 Å². The second kappa shape index (κ2) is 7.14. The Bertz CT molecular complexity index is 733. The van der Waals surface area contributed by atoms with Crippen LogP contribution >= 0.6 is 0 Å². The predicted octanol–water partition coefficient (Wildman–Crippen LogP) is 1.40. The zero-order valence-electron chi connectivity index (χ0n) is 13.1. The van der Waals surface area contributed by atoms with Crippen LogP contribution in [0.4, 0.5) is 5.69 Å². The van der Waals surface area contributed by atoms with Gasteiger partial charge in [-0.3, -0.25) is 15.0 Å². The number of nitrogens with one attached hydrogen (secondary N) is 1. The Morgan fingerprint density at radius 1 is 1.12 bits per heavy atom. The summed E-state index contributed by atoms with van der Waals surface area (Å²) in [5.41, 5.74) is 3.86. The predicted molar refractivity (Wildman–Crippen MR) is 90.3 cm³/mol. The Morgan fingerprint density at radius 3 is 2.58 bits per heavy atom. The van der Waals surface area contributed by atoms with E-state index in [1.165, 1.54) is 0 Å². The number of aryl methyl sites for hydroxylation is 1. The molecule has 2 aromatic carbocycles. The Labute approximate surface area is 140 Å². The first-order valence-corrected chi connectivity index (χ1v) is 7.79. The van der Waals surface area contributed by atoms with Crippen LogP contribution in [0.25, 0.3) is 0 Å². The van der Waals surface area contributed by atoms with Crippen LogP contribution in [-0.4, -0.2) is 24.5 Å². The highest BCUT2D eigenvalue weighted by Gasteiger charge is 2.33. The molecule has 0 fully saturated rings. The molecule has 6 heteroatoms. The van der Waals surface area contributed by atoms with Gasteiger partial charge in [0.1, 0.15) is 5.75 Å². The summed E-state index contributed by atoms with van der Waals surface area (Å²) in [5, 5.41) is 0. The number of carbonyl (C=O) groups excluding carboxylic acids is 2. The molecule has 1 atom stereocenters. The van der Waals surface area contributed by atoms with Gasteiger partial charge in [0, 0.05) is 6.42 Å². The summed E-state index contributed by atoms with van der Waals surface area (Å²) in [7, 11) is 0. The van der Waals surface area contributed by atoms with Crippen LogP contribution in [0.2, 0.25) is 0 Å². The third-order valence-electron chi connectivity index (χ3n) is 3.98. The Balaban J connectivity index is 1.77. The van der Waals surface area contributed by atoms with Crippen molar-refractivity contribution in [3.63, 3.8) is 0 Å². The number of nitrogens with two attached hydrogens (primary N) is 1. The molecule has 1 aliphatic rings. The second-order valence-electron chi connectivity index (χ2n) is 5.57. The van der Waals surface area contributed by atoms with Gasteiger partial charge in [0.05, 0.1) is 12.2 Å². The van der Waals surface area contributed by atoms with Crippen LogP contribution < -0.4 is 20.9 Å². The molecule has 0 radical (unpaired) electrons. The molecule has 124 valence electrons. The van der Waals surface area contributed by atoms with Gasteiger partial charge < -0.3 is 9.64 Å². The van der Waals surface area contributed by atoms with Gasteiger partial charge >= 0.3 is 0 Å². The number of carbonyl (C=O) groups is 2. The lowest BCUT2D eigenvalue weighted by Crippen LogP contribution is -2.52. The van der Waals surface area contributed by atoms with Crippen LogP contribution in [0.5, 0.6) is 5.75 Å². The van der Waals surface area contributed by atoms with Crippen LogP contribution in [-0.2, 0) is 16.0 Å². The van der Waals surface area contributed by atoms with Crippen molar-refractivity contribution in [3.05, 3.63) is 60.2 Å². The van der Waals surface area contributed by atoms with Crippen LogP contribution in [0.1, 0.15) is 12.0 Å². The van der Waals surface area contributed by atoms with E-state index < -0.39 is 12.0 Å². The molecule has 0 aliphatic carbocycles. The van der Waals surface area contributed by atoms with Gasteiger partial charge in [-0.05, 0) is 24.1 Å². The summed E-state index contributed by atoms with van der Waals surface area (Å²) in [4.78, 5) is 26.1. The normalized spacial score (nSPS) is 16.0. The first-order chi connectivity index (χ1) is 11.7. The van der Waals surface area contributed by atoms with Gasteiger partial charge in [-0.25, -0.2) is 5.84 Å². The number of anilines is 1. The lowest BCUT2D eigenvalue weighted by molar-refractivity contribution is -0.128. The maximum atomic E-state index is 12.7. The fourth-order valence-corrected chi connectivity index (χ4v) is 2.73. The molecule has 0 spiro atoms. The fraction of sp³-hybridized carbons (Fsp3) is 0.222. The molecule has 6 nitrogen and oxygen atoms in total. The zero-order chi connectivity index (χ0) is 16.9. The van der Waals surface area contributed by atoms with Crippen molar-refractivity contribution < 1.29 is 14.3 Å². The fourth-order valence-electron chi connectivity index (χ4n) is 2.73. The highest BCUT2D eigenvalue weighted by atomic mass is 16.5. The number of rotatable bonds is 4. The number of fused-ring (bicyclic) bond motifs is 1. The number of nitrogens with zero attached hydrogens (tertiary/aromatic N) is 1. The average Bonchev–Trinajstić information content (AvgIpc) is 2.65. The number of hydrazine groups is 1. The molecule has 0 bridgehead atoms. The molecule has 1 aliphatic heterocycles. The summed E-state index contributed by atoms with van der Waals surface area (Å²) in [6, 6.07) is 17.0. The molecule has 0 aromatic heterocycles. The van der Waals surface area contributed by atoms with Gasteiger partial charge in [0.2, 0.25) is 5.91 Å². The highest BCUT2D eigenvalue weighted by molar-refractivity contribution is 5.97. The van der Waals surface area contributed by atoms with E-state index in [1.54, 1.807) is 17.0 Å². The van der Waals surface area contributed by atoms with E-state index in [-0.39, 0.29) is 12.5 Å². The van der Waals surface area contributed by atoms with Gasteiger partial charge in [-0.15, -0.1) is 0 Å². The summed E-state index contributed by atoms with van der Waals surface area (Å²) >= 11 is 0. The average molecular weight is 325 g/mol. The van der Waals surface area contributed by atoms with E-state index in [2.05, 4.69) is 5.43 Å². The number of amides is 2. The minimum atomic E-state index is -0.814. The molecule has 0 saturated heterocycles. The van der Waals surface area contributed by atoms with Crippen molar-refractivity contribution >= 4 is 17.5 Å². The first-order valence-electron chi connectivity index (χ1n) is 7.79. The number of hydrogen-bond donors (Lipinski definition) is 2. The van der Waals surface area contributed by atoms with Crippen LogP contribution in [0.3, 0.4) is 0 Å². The van der Waals surface area contributed by atoms with Crippen molar-refractivity contribution in [2.45, 2.75) is 18.9 Å². The first kappa shape index (κ1) is 16.0. The maximum absolute atomic E-state index is 12.7. The van der Waals surface area contributed by atoms with Gasteiger partial charge in [0.25, 0.3) is 5.91 Å². The molecule has 2 amide bonds. The highest BCUT2D eigenvalue weighted by Crippen LogP contribution is 2.33. The van der Waals surface area contributed by atoms with Gasteiger partial charge in [-0.2, -0.15) is 0 Å². The second-order valence-corrected chi connectivity index (χ2v) is 5.57. The monoisotopic (exact) mass is 325 g/mol. The number of ether oxygens (including phenoxy) is 1. The molecule has 1 heterocycles. The molecular formula is C18H19N3O3. The van der Waals surface area contributed by atoms with Gasteiger partial charge in [-0.1, -0.05) is 42.5 Å². The Hall–Kier alpha value is -2.86. The van der Waals surface area contributed by atoms with E-state index in [0.29, 0.717) is 24.3 Å². The lowest BCUT2D eigenvalue weighted by atomic mass is 10.1. The minimum absolute atomic E-state index is 0.0515. The Kier molecular flexibility index (Phi) is 4.77. The van der Waals surface area contributed by atoms with Gasteiger partial charge in [0.15, 0.2) is 6.10 Å². The topological polar surface area (TPSA) is 84.7 Å². The summed E-state index contributed by atoms with van der Waals surface area (Å²) in [5.74, 6) is 5.20. The smallest absolute Gasteiger partial charge is 0.276 e. The molecule has 3 N–H and O–H groups in total. The van der Waals surface area contributed by atoms with Crippen molar-refractivity contribution in [1.29, 1.82) is 0 Å². The van der Waals surface area contributed by atoms with E-state index >= 15 is 0 Å². The largest absolute Gasteiger partial charge is 0.476 e. The van der Waals surface area contributed by atoms with Crippen molar-refractivity contribution in [3.8, 4) is 5.75 Å². The summed E-state index contributed by atoms with van der Waals surface area (Å²) < 4.78 is 5.64. The van der Waals surface area contributed by atoms with E-state index in [1.807, 2.05) is 42.5 Å². The number of hydrogen-bond acceptors (Lipinski definition) is 4. The van der Waals surface area contributed by atoms with E-state index in [0.717, 1.165) is 5.56 Å². The van der Waals surface area contributed by atoms with Crippen LogP contribution in [0.15, 0.2) is 54.6 Å².